The largest absolute Gasteiger partial charge is 0.462 e. The summed E-state index contributed by atoms with van der Waals surface area (Å²) in [6.07, 6.45) is 7.68. The number of nitrogens with one attached hydrogen (secondary N) is 1. The minimum absolute atomic E-state index is 0.274. The Hall–Kier alpha value is -3.61. The second-order valence-electron chi connectivity index (χ2n) is 6.64. The number of amidine groups is 1. The lowest BCUT2D eigenvalue weighted by atomic mass is 10.1. The topological polar surface area (TPSA) is 71.7 Å². The van der Waals surface area contributed by atoms with E-state index in [-0.39, 0.29) is 6.61 Å². The van der Waals surface area contributed by atoms with Gasteiger partial charge in [0.15, 0.2) is 0 Å². The van der Waals surface area contributed by atoms with E-state index in [1.54, 1.807) is 16.5 Å². The monoisotopic (exact) mass is 375 g/mol. The Morgan fingerprint density at radius 1 is 1.36 bits per heavy atom. The third-order valence-electron chi connectivity index (χ3n) is 4.49. The number of ether oxygens (including phenoxy) is 1. The van der Waals surface area contributed by atoms with Crippen LogP contribution in [0.2, 0.25) is 0 Å². The molecule has 0 radical (unpaired) electrons. The van der Waals surface area contributed by atoms with Crippen molar-refractivity contribution in [3.05, 3.63) is 72.0 Å². The number of allylic oxidation sites excluding steroid dienone is 2. The number of rotatable bonds is 4. The van der Waals surface area contributed by atoms with Gasteiger partial charge in [0.1, 0.15) is 17.2 Å². The number of aryl methyl sites for hydroxylation is 1. The van der Waals surface area contributed by atoms with Crippen LogP contribution < -0.4 is 5.32 Å². The first-order chi connectivity index (χ1) is 13.5. The molecule has 0 saturated heterocycles. The first-order valence-electron chi connectivity index (χ1n) is 9.02. The highest BCUT2D eigenvalue weighted by atomic mass is 16.5. The van der Waals surface area contributed by atoms with Crippen molar-refractivity contribution in [2.75, 3.05) is 11.9 Å². The highest BCUT2D eigenvalue weighted by molar-refractivity contribution is 6.05. The SMILES string of the molecule is C=C1C(C(=O)OCC)=C(Nc2ccc3nn(C)cc3c2)N=C2C=C(C)C=CN12. The normalized spacial score (nSPS) is 16.1. The molecule has 0 saturated carbocycles. The average molecular weight is 375 g/mol. The summed E-state index contributed by atoms with van der Waals surface area (Å²) in [6, 6.07) is 5.80. The zero-order chi connectivity index (χ0) is 19.8. The van der Waals surface area contributed by atoms with E-state index in [4.69, 9.17) is 4.74 Å². The van der Waals surface area contributed by atoms with Gasteiger partial charge in [0, 0.05) is 30.5 Å². The highest BCUT2D eigenvalue weighted by Crippen LogP contribution is 2.30. The van der Waals surface area contributed by atoms with Gasteiger partial charge in [0.2, 0.25) is 0 Å². The van der Waals surface area contributed by atoms with Crippen LogP contribution in [0.3, 0.4) is 0 Å². The van der Waals surface area contributed by atoms with Crippen molar-refractivity contribution < 1.29 is 9.53 Å². The van der Waals surface area contributed by atoms with Crippen LogP contribution in [-0.2, 0) is 16.6 Å². The van der Waals surface area contributed by atoms with Crippen molar-refractivity contribution >= 4 is 28.4 Å². The number of carbonyl (C=O) groups is 1. The molecule has 0 atom stereocenters. The Morgan fingerprint density at radius 2 is 2.18 bits per heavy atom. The van der Waals surface area contributed by atoms with E-state index in [0.29, 0.717) is 22.9 Å². The molecule has 0 spiro atoms. The number of fused-ring (bicyclic) bond motifs is 2. The van der Waals surface area contributed by atoms with Crippen molar-refractivity contribution in [2.45, 2.75) is 13.8 Å². The first kappa shape index (κ1) is 17.8. The minimum Gasteiger partial charge on any atom is -0.462 e. The van der Waals surface area contributed by atoms with E-state index in [2.05, 4.69) is 22.0 Å². The van der Waals surface area contributed by atoms with Crippen molar-refractivity contribution in [3.8, 4) is 0 Å². The van der Waals surface area contributed by atoms with E-state index in [1.807, 2.05) is 56.7 Å². The predicted molar refractivity (Wildman–Crippen MR) is 109 cm³/mol. The highest BCUT2D eigenvalue weighted by Gasteiger charge is 2.30. The van der Waals surface area contributed by atoms with Gasteiger partial charge < -0.3 is 15.0 Å². The third kappa shape index (κ3) is 3.11. The lowest BCUT2D eigenvalue weighted by Crippen LogP contribution is -2.33. The number of aromatic nitrogens is 2. The Kier molecular flexibility index (Phi) is 4.35. The molecule has 0 fully saturated rings. The maximum absolute atomic E-state index is 12.6. The van der Waals surface area contributed by atoms with Gasteiger partial charge in [-0.05, 0) is 49.8 Å². The van der Waals surface area contributed by atoms with Crippen molar-refractivity contribution in [1.82, 2.24) is 14.7 Å². The van der Waals surface area contributed by atoms with Gasteiger partial charge in [-0.25, -0.2) is 9.79 Å². The van der Waals surface area contributed by atoms with E-state index < -0.39 is 5.97 Å². The zero-order valence-corrected chi connectivity index (χ0v) is 16.1. The van der Waals surface area contributed by atoms with Gasteiger partial charge in [0.05, 0.1) is 17.8 Å². The summed E-state index contributed by atoms with van der Waals surface area (Å²) in [7, 11) is 1.88. The average Bonchev–Trinajstić information content (AvgIpc) is 3.01. The molecule has 1 aromatic heterocycles. The molecule has 2 aromatic rings. The van der Waals surface area contributed by atoms with Crippen LogP contribution in [0, 0.1) is 0 Å². The molecule has 0 aliphatic carbocycles. The van der Waals surface area contributed by atoms with Gasteiger partial charge in [-0.15, -0.1) is 0 Å². The summed E-state index contributed by atoms with van der Waals surface area (Å²) in [5.74, 6) is 0.653. The fourth-order valence-electron chi connectivity index (χ4n) is 3.20. The van der Waals surface area contributed by atoms with Crippen LogP contribution in [0.4, 0.5) is 5.69 Å². The number of carbonyl (C=O) groups excluding carboxylic acids is 1. The Bertz CT molecular complexity index is 1120. The molecule has 4 rings (SSSR count). The molecule has 3 heterocycles. The maximum Gasteiger partial charge on any atom is 0.344 e. The summed E-state index contributed by atoms with van der Waals surface area (Å²) in [5, 5.41) is 8.64. The second-order valence-corrected chi connectivity index (χ2v) is 6.64. The number of benzene rings is 1. The molecule has 7 nitrogen and oxygen atoms in total. The van der Waals surface area contributed by atoms with Crippen molar-refractivity contribution in [1.29, 1.82) is 0 Å². The van der Waals surface area contributed by atoms with Gasteiger partial charge in [-0.2, -0.15) is 5.10 Å². The Balaban J connectivity index is 1.78. The van der Waals surface area contributed by atoms with E-state index >= 15 is 0 Å². The van der Waals surface area contributed by atoms with Crippen LogP contribution >= 0.6 is 0 Å². The van der Waals surface area contributed by atoms with E-state index in [9.17, 15) is 4.79 Å². The number of anilines is 1. The van der Waals surface area contributed by atoms with Gasteiger partial charge in [-0.3, -0.25) is 4.68 Å². The van der Waals surface area contributed by atoms with E-state index in [0.717, 1.165) is 22.2 Å². The second kappa shape index (κ2) is 6.84. The minimum atomic E-state index is -0.458. The standard InChI is InChI=1S/C21H21N5O2/c1-5-28-21(27)19-14(3)26-9-8-13(2)10-18(26)23-20(19)22-16-6-7-17-15(11-16)12-25(4)24-17/h6-12,22H,3,5H2,1-2,4H3. The van der Waals surface area contributed by atoms with Gasteiger partial charge >= 0.3 is 5.97 Å². The van der Waals surface area contributed by atoms with Crippen LogP contribution in [-0.4, -0.2) is 33.1 Å². The summed E-state index contributed by atoms with van der Waals surface area (Å²) in [4.78, 5) is 19.1. The smallest absolute Gasteiger partial charge is 0.344 e. The first-order valence-corrected chi connectivity index (χ1v) is 9.02. The van der Waals surface area contributed by atoms with Crippen molar-refractivity contribution in [3.63, 3.8) is 0 Å². The molecule has 28 heavy (non-hydrogen) atoms. The molecular weight excluding hydrogens is 354 g/mol. The number of hydrogen-bond donors (Lipinski definition) is 1. The van der Waals surface area contributed by atoms with Crippen LogP contribution in [0.5, 0.6) is 0 Å². The maximum atomic E-state index is 12.6. The lowest BCUT2D eigenvalue weighted by Gasteiger charge is -2.31. The summed E-state index contributed by atoms with van der Waals surface area (Å²) in [5.41, 5.74) is 3.60. The molecule has 1 aromatic carbocycles. The lowest BCUT2D eigenvalue weighted by molar-refractivity contribution is -0.138. The van der Waals surface area contributed by atoms with Crippen LogP contribution in [0.25, 0.3) is 10.9 Å². The molecule has 0 unspecified atom stereocenters. The quantitative estimate of drug-likeness (QED) is 0.829. The molecule has 7 heteroatoms. The fourth-order valence-corrected chi connectivity index (χ4v) is 3.20. The molecule has 2 aliphatic heterocycles. The van der Waals surface area contributed by atoms with Crippen LogP contribution in [0.15, 0.2) is 77.0 Å². The number of hydrogen-bond acceptors (Lipinski definition) is 6. The van der Waals surface area contributed by atoms with Gasteiger partial charge in [-0.1, -0.05) is 6.58 Å². The molecule has 142 valence electrons. The molecule has 2 aliphatic rings. The zero-order valence-electron chi connectivity index (χ0n) is 16.1. The summed E-state index contributed by atoms with van der Waals surface area (Å²) in [6.45, 7) is 8.15. The number of aliphatic imine (C=N–C) groups is 1. The molecule has 0 bridgehead atoms. The van der Waals surface area contributed by atoms with Crippen molar-refractivity contribution in [2.24, 2.45) is 12.0 Å². The number of esters is 1. The Morgan fingerprint density at radius 3 is 2.96 bits per heavy atom. The molecule has 1 N–H and O–H groups in total. The predicted octanol–water partition coefficient (Wildman–Crippen LogP) is 3.46. The fraction of sp³-hybridized carbons (Fsp3) is 0.190. The Labute approximate surface area is 163 Å². The summed E-state index contributed by atoms with van der Waals surface area (Å²) >= 11 is 0. The summed E-state index contributed by atoms with van der Waals surface area (Å²) < 4.78 is 7.01. The van der Waals surface area contributed by atoms with Gasteiger partial charge in [0.25, 0.3) is 0 Å². The molecular formula is C21H21N5O2. The number of nitrogens with zero attached hydrogens (tertiary/aromatic N) is 4. The van der Waals surface area contributed by atoms with E-state index in [1.165, 1.54) is 0 Å². The third-order valence-corrected chi connectivity index (χ3v) is 4.49. The van der Waals surface area contributed by atoms with Crippen LogP contribution in [0.1, 0.15) is 13.8 Å². The molecule has 0 amide bonds.